The van der Waals surface area contributed by atoms with Gasteiger partial charge in [-0.05, 0) is 102 Å². The molecule has 46 heavy (non-hydrogen) atoms. The standard InChI is InChI=1S/C35H48N4O7/c1-34(2,3)45-32(42)26-9-11-27(12-10-26)36-31(41)29(37-33(43)46-35(4,5)6)21-24-7-13-28(14-8-24)39-18-17-38(23-30(39)40)22-25-15-19-44-20-16-25/h7-14,25,29H,15-23H2,1-6H3,(H,36,41)(H,37,43)/t29-/m0/s1. The summed E-state index contributed by atoms with van der Waals surface area (Å²) in [5.41, 5.74) is 1.04. The van der Waals surface area contributed by atoms with E-state index in [1.54, 1.807) is 70.7 Å². The molecular formula is C35H48N4O7. The van der Waals surface area contributed by atoms with Crippen molar-refractivity contribution < 1.29 is 33.4 Å². The van der Waals surface area contributed by atoms with Crippen LogP contribution in [0.2, 0.25) is 0 Å². The van der Waals surface area contributed by atoms with E-state index in [9.17, 15) is 19.2 Å². The van der Waals surface area contributed by atoms with E-state index in [2.05, 4.69) is 15.5 Å². The highest BCUT2D eigenvalue weighted by Gasteiger charge is 2.29. The summed E-state index contributed by atoms with van der Waals surface area (Å²) in [6.45, 7) is 14.9. The Morgan fingerprint density at radius 3 is 2.11 bits per heavy atom. The molecule has 2 aromatic carbocycles. The third kappa shape index (κ3) is 10.8. The summed E-state index contributed by atoms with van der Waals surface area (Å²) in [6, 6.07) is 12.9. The van der Waals surface area contributed by atoms with Gasteiger partial charge in [0.1, 0.15) is 17.2 Å². The van der Waals surface area contributed by atoms with Crippen LogP contribution in [0.5, 0.6) is 0 Å². The lowest BCUT2D eigenvalue weighted by atomic mass is 9.99. The van der Waals surface area contributed by atoms with Gasteiger partial charge in [0.05, 0.1) is 12.1 Å². The van der Waals surface area contributed by atoms with Crippen molar-refractivity contribution in [1.29, 1.82) is 0 Å². The van der Waals surface area contributed by atoms with Gasteiger partial charge in [-0.25, -0.2) is 9.59 Å². The molecule has 250 valence electrons. The van der Waals surface area contributed by atoms with E-state index in [4.69, 9.17) is 14.2 Å². The minimum Gasteiger partial charge on any atom is -0.456 e. The first-order chi connectivity index (χ1) is 21.6. The first kappa shape index (κ1) is 34.9. The van der Waals surface area contributed by atoms with Crippen molar-refractivity contribution >= 4 is 35.3 Å². The van der Waals surface area contributed by atoms with Gasteiger partial charge in [0.15, 0.2) is 0 Å². The van der Waals surface area contributed by atoms with E-state index in [1.807, 2.05) is 24.3 Å². The number of rotatable bonds is 9. The van der Waals surface area contributed by atoms with Crippen LogP contribution >= 0.6 is 0 Å². The van der Waals surface area contributed by atoms with Gasteiger partial charge < -0.3 is 29.7 Å². The monoisotopic (exact) mass is 636 g/mol. The highest BCUT2D eigenvalue weighted by molar-refractivity contribution is 5.98. The molecule has 4 rings (SSSR count). The Bertz CT molecular complexity index is 1360. The number of hydrogen-bond acceptors (Lipinski definition) is 8. The Kier molecular flexibility index (Phi) is 11.4. The third-order valence-electron chi connectivity index (χ3n) is 7.64. The minimum absolute atomic E-state index is 0.0626. The van der Waals surface area contributed by atoms with Gasteiger partial charge in [0, 0.05) is 50.6 Å². The predicted molar refractivity (Wildman–Crippen MR) is 176 cm³/mol. The number of ether oxygens (including phenoxy) is 3. The fourth-order valence-electron chi connectivity index (χ4n) is 5.41. The maximum atomic E-state index is 13.4. The second-order valence-electron chi connectivity index (χ2n) is 14.0. The van der Waals surface area contributed by atoms with E-state index < -0.39 is 35.2 Å². The molecule has 0 saturated carbocycles. The van der Waals surface area contributed by atoms with Crippen molar-refractivity contribution in [3.8, 4) is 0 Å². The molecule has 0 spiro atoms. The molecule has 2 heterocycles. The van der Waals surface area contributed by atoms with Crippen LogP contribution in [0.25, 0.3) is 0 Å². The molecule has 2 N–H and O–H groups in total. The van der Waals surface area contributed by atoms with Crippen LogP contribution in [0, 0.1) is 5.92 Å². The molecule has 11 heteroatoms. The van der Waals surface area contributed by atoms with E-state index in [0.717, 1.165) is 50.4 Å². The smallest absolute Gasteiger partial charge is 0.408 e. The van der Waals surface area contributed by atoms with E-state index in [0.29, 0.717) is 30.3 Å². The minimum atomic E-state index is -0.957. The number of nitrogens with zero attached hydrogens (tertiary/aromatic N) is 2. The quantitative estimate of drug-likeness (QED) is 0.377. The summed E-state index contributed by atoms with van der Waals surface area (Å²) in [7, 11) is 0. The second-order valence-corrected chi connectivity index (χ2v) is 14.0. The Morgan fingerprint density at radius 1 is 0.891 bits per heavy atom. The predicted octanol–water partition coefficient (Wildman–Crippen LogP) is 4.79. The average molecular weight is 637 g/mol. The van der Waals surface area contributed by atoms with Crippen molar-refractivity contribution in [3.63, 3.8) is 0 Å². The normalized spacial score (nSPS) is 17.3. The van der Waals surface area contributed by atoms with Crippen molar-refractivity contribution in [2.24, 2.45) is 5.92 Å². The molecule has 2 fully saturated rings. The Morgan fingerprint density at radius 2 is 1.52 bits per heavy atom. The summed E-state index contributed by atoms with van der Waals surface area (Å²) in [5.74, 6) is -0.274. The molecule has 2 aliphatic rings. The van der Waals surface area contributed by atoms with Crippen LogP contribution in [0.1, 0.15) is 70.3 Å². The number of hydrogen-bond donors (Lipinski definition) is 2. The number of piperazine rings is 1. The SMILES string of the molecule is CC(C)(C)OC(=O)N[C@@H](Cc1ccc(N2CCN(CC3CCOCC3)CC2=O)cc1)C(=O)Nc1ccc(C(=O)OC(C)(C)C)cc1. The summed E-state index contributed by atoms with van der Waals surface area (Å²) >= 11 is 0. The van der Waals surface area contributed by atoms with Gasteiger partial charge in [-0.1, -0.05) is 12.1 Å². The molecule has 0 radical (unpaired) electrons. The number of nitrogens with one attached hydrogen (secondary N) is 2. The van der Waals surface area contributed by atoms with E-state index in [1.165, 1.54) is 0 Å². The maximum absolute atomic E-state index is 13.4. The zero-order chi connectivity index (χ0) is 33.5. The van der Waals surface area contributed by atoms with Gasteiger partial charge >= 0.3 is 12.1 Å². The topological polar surface area (TPSA) is 127 Å². The first-order valence-electron chi connectivity index (χ1n) is 16.0. The zero-order valence-corrected chi connectivity index (χ0v) is 27.9. The molecule has 1 atom stereocenters. The highest BCUT2D eigenvalue weighted by atomic mass is 16.6. The molecule has 0 bridgehead atoms. The zero-order valence-electron chi connectivity index (χ0n) is 27.9. The van der Waals surface area contributed by atoms with Crippen LogP contribution in [0.3, 0.4) is 0 Å². The number of carbonyl (C=O) groups excluding carboxylic acids is 4. The summed E-state index contributed by atoms with van der Waals surface area (Å²) in [4.78, 5) is 55.6. The average Bonchev–Trinajstić information content (AvgIpc) is 2.96. The van der Waals surface area contributed by atoms with Crippen molar-refractivity contribution in [3.05, 3.63) is 59.7 Å². The van der Waals surface area contributed by atoms with Crippen LogP contribution in [-0.2, 0) is 30.2 Å². The lowest BCUT2D eigenvalue weighted by molar-refractivity contribution is -0.121. The van der Waals surface area contributed by atoms with Crippen molar-refractivity contribution in [2.45, 2.75) is 78.0 Å². The summed E-state index contributed by atoms with van der Waals surface area (Å²) < 4.78 is 16.3. The van der Waals surface area contributed by atoms with Crippen LogP contribution in [0.4, 0.5) is 16.2 Å². The Hall–Kier alpha value is -3.96. The van der Waals surface area contributed by atoms with Crippen LogP contribution < -0.4 is 15.5 Å². The van der Waals surface area contributed by atoms with Gasteiger partial charge in [0.2, 0.25) is 11.8 Å². The van der Waals surface area contributed by atoms with Crippen molar-refractivity contribution in [1.82, 2.24) is 10.2 Å². The van der Waals surface area contributed by atoms with Crippen molar-refractivity contribution in [2.75, 3.05) is 49.6 Å². The largest absolute Gasteiger partial charge is 0.456 e. The van der Waals surface area contributed by atoms with E-state index in [-0.39, 0.29) is 12.3 Å². The number of carbonyl (C=O) groups is 4. The molecule has 3 amide bonds. The highest BCUT2D eigenvalue weighted by Crippen LogP contribution is 2.22. The summed E-state index contributed by atoms with van der Waals surface area (Å²) in [6.07, 6.45) is 1.55. The van der Waals surface area contributed by atoms with Gasteiger partial charge in [0.25, 0.3) is 0 Å². The lowest BCUT2D eigenvalue weighted by Crippen LogP contribution is -2.51. The molecule has 0 aliphatic carbocycles. The number of benzene rings is 2. The van der Waals surface area contributed by atoms with Gasteiger partial charge in [-0.3, -0.25) is 14.5 Å². The van der Waals surface area contributed by atoms with Gasteiger partial charge in [-0.2, -0.15) is 0 Å². The van der Waals surface area contributed by atoms with Crippen LogP contribution in [0.15, 0.2) is 48.5 Å². The Balaban J connectivity index is 1.39. The molecular weight excluding hydrogens is 588 g/mol. The maximum Gasteiger partial charge on any atom is 0.408 e. The molecule has 2 aliphatic heterocycles. The number of esters is 1. The third-order valence-corrected chi connectivity index (χ3v) is 7.64. The number of alkyl carbamates (subject to hydrolysis) is 1. The van der Waals surface area contributed by atoms with Crippen LogP contribution in [-0.4, -0.2) is 85.4 Å². The first-order valence-corrected chi connectivity index (χ1v) is 16.0. The molecule has 2 aromatic rings. The summed E-state index contributed by atoms with van der Waals surface area (Å²) in [5, 5.41) is 5.52. The fraction of sp³-hybridized carbons (Fsp3) is 0.543. The Labute approximate surface area is 271 Å². The molecule has 0 aromatic heterocycles. The number of amides is 3. The van der Waals surface area contributed by atoms with Gasteiger partial charge in [-0.15, -0.1) is 0 Å². The fourth-order valence-corrected chi connectivity index (χ4v) is 5.41. The second kappa shape index (κ2) is 15.1. The molecule has 0 unspecified atom stereocenters. The molecule has 11 nitrogen and oxygen atoms in total. The number of anilines is 2. The van der Waals surface area contributed by atoms with E-state index >= 15 is 0 Å². The lowest BCUT2D eigenvalue weighted by Gasteiger charge is -2.36. The molecule has 2 saturated heterocycles.